The average molecular weight is 439 g/mol. The molecule has 3 N–H and O–H groups in total. The summed E-state index contributed by atoms with van der Waals surface area (Å²) >= 11 is 0. The predicted molar refractivity (Wildman–Crippen MR) is 116 cm³/mol. The van der Waals surface area contributed by atoms with Crippen LogP contribution in [-0.4, -0.2) is 59.5 Å². The van der Waals surface area contributed by atoms with Gasteiger partial charge in [0.1, 0.15) is 5.56 Å². The maximum atomic E-state index is 12.6. The van der Waals surface area contributed by atoms with Crippen molar-refractivity contribution in [1.29, 1.82) is 0 Å². The maximum Gasteiger partial charge on any atom is 0.254 e. The van der Waals surface area contributed by atoms with Crippen molar-refractivity contribution in [1.82, 2.24) is 14.7 Å². The Morgan fingerprint density at radius 1 is 0.968 bits per heavy atom. The van der Waals surface area contributed by atoms with Gasteiger partial charge in [-0.15, -0.1) is 5.10 Å². The Hall–Kier alpha value is -3.66. The van der Waals surface area contributed by atoms with E-state index in [0.29, 0.717) is 17.1 Å². The number of nitrogens with one attached hydrogen (secondary N) is 1. The quantitative estimate of drug-likeness (QED) is 0.621. The highest BCUT2D eigenvalue weighted by Crippen LogP contribution is 2.22. The van der Waals surface area contributed by atoms with Crippen LogP contribution in [0, 0.1) is 0 Å². The van der Waals surface area contributed by atoms with Crippen molar-refractivity contribution in [3.8, 4) is 5.69 Å². The number of anilines is 2. The third-order valence-corrected chi connectivity index (χ3v) is 6.64. The lowest BCUT2D eigenvalue weighted by atomic mass is 10.1. The van der Waals surface area contributed by atoms with E-state index in [9.17, 15) is 18.0 Å². The second kappa shape index (κ2) is 8.23. The van der Waals surface area contributed by atoms with E-state index in [1.165, 1.54) is 4.90 Å². The van der Waals surface area contributed by atoms with E-state index in [4.69, 9.17) is 5.73 Å². The van der Waals surface area contributed by atoms with Crippen LogP contribution < -0.4 is 11.1 Å². The molecule has 0 spiro atoms. The third-order valence-electron chi connectivity index (χ3n) is 5.03. The topological polar surface area (TPSA) is 127 Å². The number of nitrogens with two attached hydrogens (primary N) is 1. The van der Waals surface area contributed by atoms with Crippen molar-refractivity contribution in [2.45, 2.75) is 0 Å². The summed E-state index contributed by atoms with van der Waals surface area (Å²) < 4.78 is 24.7. The molecule has 10 heteroatoms. The van der Waals surface area contributed by atoms with Crippen molar-refractivity contribution in [2.24, 2.45) is 5.73 Å². The Labute approximate surface area is 179 Å². The zero-order chi connectivity index (χ0) is 22.0. The number of sulfone groups is 1. The van der Waals surface area contributed by atoms with Crippen molar-refractivity contribution in [2.75, 3.05) is 29.9 Å². The molecule has 2 aromatic carbocycles. The second-order valence-electron chi connectivity index (χ2n) is 7.18. The largest absolute Gasteiger partial charge is 0.365 e. The Bertz CT molecular complexity index is 1210. The molecule has 1 aliphatic rings. The van der Waals surface area contributed by atoms with Crippen LogP contribution >= 0.6 is 0 Å². The highest BCUT2D eigenvalue weighted by atomic mass is 32.2. The minimum absolute atomic E-state index is 0.0155. The molecule has 3 aromatic rings. The summed E-state index contributed by atoms with van der Waals surface area (Å²) in [7, 11) is -3.05. The molecule has 0 atom stereocenters. The standard InChI is InChI=1S/C21H21N5O4S/c22-19(27)18-14-26(17-4-2-1-3-5-17)24-20(18)23-16-8-6-15(7-9-16)21(28)25-10-12-31(29,30)13-11-25/h1-9,14H,10-13H2,(H2,22,27)(H,23,24). The molecule has 160 valence electrons. The number of nitrogens with zero attached hydrogens (tertiary/aromatic N) is 3. The second-order valence-corrected chi connectivity index (χ2v) is 9.49. The first-order valence-electron chi connectivity index (χ1n) is 9.64. The molecule has 1 fully saturated rings. The van der Waals surface area contributed by atoms with Gasteiger partial charge in [0, 0.05) is 30.5 Å². The first-order valence-corrected chi connectivity index (χ1v) is 11.5. The van der Waals surface area contributed by atoms with Gasteiger partial charge in [0.15, 0.2) is 15.7 Å². The molecule has 0 bridgehead atoms. The zero-order valence-corrected chi connectivity index (χ0v) is 17.4. The summed E-state index contributed by atoms with van der Waals surface area (Å²) in [5, 5.41) is 7.48. The molecule has 0 unspecified atom stereocenters. The van der Waals surface area contributed by atoms with Gasteiger partial charge in [-0.05, 0) is 36.4 Å². The van der Waals surface area contributed by atoms with Gasteiger partial charge in [-0.3, -0.25) is 9.59 Å². The first kappa shape index (κ1) is 20.6. The van der Waals surface area contributed by atoms with Crippen LogP contribution in [0.3, 0.4) is 0 Å². The summed E-state index contributed by atoms with van der Waals surface area (Å²) in [4.78, 5) is 26.0. The van der Waals surface area contributed by atoms with E-state index in [1.807, 2.05) is 30.3 Å². The number of amides is 2. The van der Waals surface area contributed by atoms with E-state index < -0.39 is 15.7 Å². The van der Waals surface area contributed by atoms with E-state index in [1.54, 1.807) is 35.1 Å². The van der Waals surface area contributed by atoms with Crippen LogP contribution in [0.4, 0.5) is 11.5 Å². The van der Waals surface area contributed by atoms with Crippen LogP contribution in [0.2, 0.25) is 0 Å². The van der Waals surface area contributed by atoms with E-state index in [0.717, 1.165) is 5.69 Å². The number of benzene rings is 2. The number of carbonyl (C=O) groups is 2. The molecule has 2 heterocycles. The molecule has 0 radical (unpaired) electrons. The molecule has 0 saturated carbocycles. The molecule has 0 aliphatic carbocycles. The lowest BCUT2D eigenvalue weighted by Crippen LogP contribution is -2.43. The van der Waals surface area contributed by atoms with Crippen molar-refractivity contribution in [3.05, 3.63) is 71.9 Å². The molecule has 1 aromatic heterocycles. The van der Waals surface area contributed by atoms with Gasteiger partial charge in [0.2, 0.25) is 0 Å². The van der Waals surface area contributed by atoms with Gasteiger partial charge >= 0.3 is 0 Å². The van der Waals surface area contributed by atoms with Crippen LogP contribution in [0.15, 0.2) is 60.8 Å². The Kier molecular flexibility index (Phi) is 5.47. The third kappa shape index (κ3) is 4.58. The number of primary amides is 1. The molecule has 1 saturated heterocycles. The fraction of sp³-hybridized carbons (Fsp3) is 0.190. The Balaban J connectivity index is 1.51. The molecule has 1 aliphatic heterocycles. The molecule has 4 rings (SSSR count). The van der Waals surface area contributed by atoms with E-state index in [2.05, 4.69) is 10.4 Å². The zero-order valence-electron chi connectivity index (χ0n) is 16.6. The van der Waals surface area contributed by atoms with Crippen LogP contribution in [-0.2, 0) is 9.84 Å². The molecule has 2 amide bonds. The number of rotatable bonds is 5. The summed E-state index contributed by atoms with van der Waals surface area (Å²) in [5.41, 5.74) is 7.59. The molecular formula is C21H21N5O4S. The van der Waals surface area contributed by atoms with Gasteiger partial charge in [0.25, 0.3) is 11.8 Å². The summed E-state index contributed by atoms with van der Waals surface area (Å²) in [6.07, 6.45) is 1.56. The first-order chi connectivity index (χ1) is 14.8. The van der Waals surface area contributed by atoms with Gasteiger partial charge in [-0.25, -0.2) is 13.1 Å². The molecule has 31 heavy (non-hydrogen) atoms. The smallest absolute Gasteiger partial charge is 0.254 e. The minimum atomic E-state index is -3.05. The van der Waals surface area contributed by atoms with Gasteiger partial charge in [0.05, 0.1) is 17.2 Å². The normalized spacial score (nSPS) is 15.4. The summed E-state index contributed by atoms with van der Waals surface area (Å²) in [6, 6.07) is 16.0. The fourth-order valence-electron chi connectivity index (χ4n) is 3.29. The van der Waals surface area contributed by atoms with Crippen LogP contribution in [0.5, 0.6) is 0 Å². The SMILES string of the molecule is NC(=O)c1cn(-c2ccccc2)nc1Nc1ccc(C(=O)N2CCS(=O)(=O)CC2)cc1. The molecule has 9 nitrogen and oxygen atoms in total. The number of carbonyl (C=O) groups excluding carboxylic acids is 2. The number of para-hydroxylation sites is 1. The summed E-state index contributed by atoms with van der Waals surface area (Å²) in [6.45, 7) is 0.389. The number of hydrogen-bond donors (Lipinski definition) is 2. The van der Waals surface area contributed by atoms with Crippen LogP contribution in [0.1, 0.15) is 20.7 Å². The van der Waals surface area contributed by atoms with E-state index >= 15 is 0 Å². The van der Waals surface area contributed by atoms with Crippen molar-refractivity contribution >= 4 is 33.2 Å². The maximum absolute atomic E-state index is 12.6. The lowest BCUT2D eigenvalue weighted by Gasteiger charge is -2.26. The predicted octanol–water partition coefficient (Wildman–Crippen LogP) is 1.59. The number of aromatic nitrogens is 2. The highest BCUT2D eigenvalue weighted by molar-refractivity contribution is 7.91. The molecular weight excluding hydrogens is 418 g/mol. The lowest BCUT2D eigenvalue weighted by molar-refractivity contribution is 0.0770. The fourth-order valence-corrected chi connectivity index (χ4v) is 4.49. The highest BCUT2D eigenvalue weighted by Gasteiger charge is 2.25. The monoisotopic (exact) mass is 439 g/mol. The van der Waals surface area contributed by atoms with Crippen LogP contribution in [0.25, 0.3) is 5.69 Å². The minimum Gasteiger partial charge on any atom is -0.365 e. The average Bonchev–Trinajstić information content (AvgIpc) is 3.19. The van der Waals surface area contributed by atoms with Gasteiger partial charge in [-0.2, -0.15) is 0 Å². The summed E-state index contributed by atoms with van der Waals surface area (Å²) in [5.74, 6) is -0.558. The van der Waals surface area contributed by atoms with Crippen molar-refractivity contribution in [3.63, 3.8) is 0 Å². The Morgan fingerprint density at radius 2 is 1.61 bits per heavy atom. The van der Waals surface area contributed by atoms with E-state index in [-0.39, 0.29) is 36.1 Å². The van der Waals surface area contributed by atoms with Crippen molar-refractivity contribution < 1.29 is 18.0 Å². The van der Waals surface area contributed by atoms with Gasteiger partial charge in [-0.1, -0.05) is 18.2 Å². The van der Waals surface area contributed by atoms with Gasteiger partial charge < -0.3 is 16.0 Å². The Morgan fingerprint density at radius 3 is 2.23 bits per heavy atom. The number of hydrogen-bond acceptors (Lipinski definition) is 6.